The minimum Gasteiger partial charge on any atom is -0.467 e. The zero-order chi connectivity index (χ0) is 19.9. The summed E-state index contributed by atoms with van der Waals surface area (Å²) in [7, 11) is 0. The van der Waals surface area contributed by atoms with Crippen molar-refractivity contribution in [1.82, 2.24) is 10.6 Å². The fourth-order valence-corrected chi connectivity index (χ4v) is 2.92. The first-order chi connectivity index (χ1) is 13.5. The van der Waals surface area contributed by atoms with Gasteiger partial charge < -0.3 is 20.1 Å². The van der Waals surface area contributed by atoms with E-state index >= 15 is 0 Å². The Morgan fingerprint density at radius 1 is 1.04 bits per heavy atom. The van der Waals surface area contributed by atoms with E-state index in [1.165, 1.54) is 30.3 Å². The minimum atomic E-state index is -0.418. The lowest BCUT2D eigenvalue weighted by molar-refractivity contribution is -0.125. The van der Waals surface area contributed by atoms with Gasteiger partial charge in [0.15, 0.2) is 6.79 Å². The van der Waals surface area contributed by atoms with Crippen LogP contribution in [0.3, 0.4) is 0 Å². The zero-order valence-corrected chi connectivity index (χ0v) is 15.1. The minimum absolute atomic E-state index is 0.0140. The van der Waals surface area contributed by atoms with Gasteiger partial charge in [0.05, 0.1) is 19.6 Å². The Morgan fingerprint density at radius 3 is 2.71 bits per heavy atom. The first-order valence-corrected chi connectivity index (χ1v) is 8.81. The van der Waals surface area contributed by atoms with Crippen molar-refractivity contribution >= 4 is 11.8 Å². The van der Waals surface area contributed by atoms with E-state index in [2.05, 4.69) is 10.6 Å². The van der Waals surface area contributed by atoms with Gasteiger partial charge in [-0.1, -0.05) is 12.1 Å². The van der Waals surface area contributed by atoms with Crippen molar-refractivity contribution in [3.8, 4) is 5.75 Å². The molecule has 0 bridgehead atoms. The van der Waals surface area contributed by atoms with Crippen LogP contribution in [0.15, 0.2) is 36.4 Å². The van der Waals surface area contributed by atoms with Gasteiger partial charge >= 0.3 is 0 Å². The smallest absolute Gasteiger partial charge is 0.239 e. The van der Waals surface area contributed by atoms with Crippen molar-refractivity contribution < 1.29 is 27.8 Å². The Kier molecular flexibility index (Phi) is 6.54. The van der Waals surface area contributed by atoms with Crippen LogP contribution in [0, 0.1) is 11.6 Å². The van der Waals surface area contributed by atoms with Crippen LogP contribution in [-0.2, 0) is 33.8 Å². The maximum Gasteiger partial charge on any atom is 0.239 e. The topological polar surface area (TPSA) is 76.7 Å². The number of carbonyl (C=O) groups is 2. The fraction of sp³-hybridized carbons (Fsp3) is 0.300. The van der Waals surface area contributed by atoms with Crippen LogP contribution in [0.25, 0.3) is 0 Å². The molecular formula is C20H20F2N2O4. The molecule has 28 heavy (non-hydrogen) atoms. The van der Waals surface area contributed by atoms with E-state index in [0.29, 0.717) is 28.9 Å². The van der Waals surface area contributed by atoms with E-state index in [0.717, 1.165) is 0 Å². The maximum absolute atomic E-state index is 13.7. The SMILES string of the molecule is O=C(CNC(=O)Cc1cccc(F)c1)NCCc1cc(F)cc2c1OCOC2. The van der Waals surface area contributed by atoms with Crippen LogP contribution in [0.2, 0.25) is 0 Å². The van der Waals surface area contributed by atoms with E-state index in [4.69, 9.17) is 9.47 Å². The highest BCUT2D eigenvalue weighted by Gasteiger charge is 2.17. The molecule has 0 aromatic heterocycles. The molecule has 3 rings (SSSR count). The Labute approximate surface area is 160 Å². The van der Waals surface area contributed by atoms with E-state index in [9.17, 15) is 18.4 Å². The van der Waals surface area contributed by atoms with Gasteiger partial charge in [-0.25, -0.2) is 8.78 Å². The van der Waals surface area contributed by atoms with E-state index in [1.807, 2.05) is 0 Å². The summed E-state index contributed by atoms with van der Waals surface area (Å²) in [5.74, 6) is -0.974. The molecule has 2 amide bonds. The first kappa shape index (κ1) is 19.8. The van der Waals surface area contributed by atoms with Crippen molar-refractivity contribution in [2.24, 2.45) is 0 Å². The number of halogens is 2. The third-order valence-electron chi connectivity index (χ3n) is 4.17. The molecule has 0 fully saturated rings. The predicted molar refractivity (Wildman–Crippen MR) is 96.5 cm³/mol. The molecule has 6 nitrogen and oxygen atoms in total. The number of hydrogen-bond acceptors (Lipinski definition) is 4. The Balaban J connectivity index is 1.42. The summed E-state index contributed by atoms with van der Waals surface area (Å²) in [6.45, 7) is 0.456. The molecule has 2 N–H and O–H groups in total. The van der Waals surface area contributed by atoms with E-state index in [1.54, 1.807) is 6.07 Å². The van der Waals surface area contributed by atoms with Crippen molar-refractivity contribution in [1.29, 1.82) is 0 Å². The molecule has 0 saturated heterocycles. The normalized spacial score (nSPS) is 12.6. The van der Waals surface area contributed by atoms with Crippen molar-refractivity contribution in [3.05, 3.63) is 64.7 Å². The number of rotatable bonds is 7. The highest BCUT2D eigenvalue weighted by Crippen LogP contribution is 2.29. The van der Waals surface area contributed by atoms with Crippen LogP contribution in [-0.4, -0.2) is 31.7 Å². The number of nitrogens with one attached hydrogen (secondary N) is 2. The molecule has 2 aromatic rings. The summed E-state index contributed by atoms with van der Waals surface area (Å²) in [6, 6.07) is 8.46. The standard InChI is InChI=1S/C20H20F2N2O4/c21-16-3-1-2-13(6-16)7-18(25)24-10-19(26)23-5-4-14-8-17(22)9-15-11-27-12-28-20(14)15/h1-3,6,8-9H,4-5,7,10-12H2,(H,23,26)(H,24,25). The summed E-state index contributed by atoms with van der Waals surface area (Å²) in [4.78, 5) is 23.7. The average molecular weight is 390 g/mol. The van der Waals surface area contributed by atoms with Gasteiger partial charge in [0.25, 0.3) is 0 Å². The lowest BCUT2D eigenvalue weighted by Gasteiger charge is -2.21. The molecule has 0 spiro atoms. The second-order valence-electron chi connectivity index (χ2n) is 6.35. The molecule has 1 aliphatic heterocycles. The second kappa shape index (κ2) is 9.27. The number of amides is 2. The van der Waals surface area contributed by atoms with Gasteiger partial charge in [0.1, 0.15) is 17.4 Å². The van der Waals surface area contributed by atoms with Crippen LogP contribution >= 0.6 is 0 Å². The number of fused-ring (bicyclic) bond motifs is 1. The zero-order valence-electron chi connectivity index (χ0n) is 15.1. The molecule has 0 unspecified atom stereocenters. The molecule has 0 radical (unpaired) electrons. The maximum atomic E-state index is 13.7. The largest absolute Gasteiger partial charge is 0.467 e. The molecule has 0 saturated carbocycles. The van der Waals surface area contributed by atoms with E-state index in [-0.39, 0.29) is 44.7 Å². The molecule has 0 atom stereocenters. The third-order valence-corrected chi connectivity index (χ3v) is 4.17. The average Bonchev–Trinajstić information content (AvgIpc) is 2.66. The fourth-order valence-electron chi connectivity index (χ4n) is 2.92. The van der Waals surface area contributed by atoms with E-state index < -0.39 is 11.6 Å². The lowest BCUT2D eigenvalue weighted by Crippen LogP contribution is -2.38. The van der Waals surface area contributed by atoms with Crippen LogP contribution in [0.1, 0.15) is 16.7 Å². The lowest BCUT2D eigenvalue weighted by atomic mass is 10.1. The summed E-state index contributed by atoms with van der Waals surface area (Å²) in [5.41, 5.74) is 1.81. The molecule has 8 heteroatoms. The van der Waals surface area contributed by atoms with Crippen LogP contribution < -0.4 is 15.4 Å². The quantitative estimate of drug-likeness (QED) is 0.757. The Bertz CT molecular complexity index is 873. The Morgan fingerprint density at radius 2 is 1.89 bits per heavy atom. The van der Waals surface area contributed by atoms with Gasteiger partial charge in [0.2, 0.25) is 11.8 Å². The summed E-state index contributed by atoms with van der Waals surface area (Å²) >= 11 is 0. The summed E-state index contributed by atoms with van der Waals surface area (Å²) in [5, 5.41) is 5.15. The molecule has 1 heterocycles. The molecule has 0 aliphatic carbocycles. The van der Waals surface area contributed by atoms with Gasteiger partial charge in [-0.3, -0.25) is 9.59 Å². The molecule has 1 aliphatic rings. The van der Waals surface area contributed by atoms with Gasteiger partial charge in [-0.15, -0.1) is 0 Å². The van der Waals surface area contributed by atoms with Crippen molar-refractivity contribution in [3.63, 3.8) is 0 Å². The van der Waals surface area contributed by atoms with Gasteiger partial charge in [0, 0.05) is 12.1 Å². The molecule has 148 valence electrons. The summed E-state index contributed by atoms with van der Waals surface area (Å²) < 4.78 is 37.3. The number of carbonyl (C=O) groups excluding carboxylic acids is 2. The van der Waals surface area contributed by atoms with Crippen LogP contribution in [0.4, 0.5) is 8.78 Å². The van der Waals surface area contributed by atoms with Crippen molar-refractivity contribution in [2.75, 3.05) is 19.9 Å². The summed E-state index contributed by atoms with van der Waals surface area (Å²) in [6.07, 6.45) is 0.364. The third kappa shape index (κ3) is 5.50. The molecule has 2 aromatic carbocycles. The monoisotopic (exact) mass is 390 g/mol. The number of ether oxygens (including phenoxy) is 2. The van der Waals surface area contributed by atoms with Crippen LogP contribution in [0.5, 0.6) is 5.75 Å². The Hall–Kier alpha value is -3.00. The number of hydrogen-bond donors (Lipinski definition) is 2. The second-order valence-corrected chi connectivity index (χ2v) is 6.35. The van der Waals surface area contributed by atoms with Gasteiger partial charge in [-0.2, -0.15) is 0 Å². The first-order valence-electron chi connectivity index (χ1n) is 8.81. The highest BCUT2D eigenvalue weighted by atomic mass is 19.1. The predicted octanol–water partition coefficient (Wildman–Crippen LogP) is 1.85. The van der Waals surface area contributed by atoms with Gasteiger partial charge in [-0.05, 0) is 41.8 Å². The number of benzene rings is 2. The highest BCUT2D eigenvalue weighted by molar-refractivity contribution is 5.85. The molecular weight excluding hydrogens is 370 g/mol. The van der Waals surface area contributed by atoms with Crippen molar-refractivity contribution in [2.45, 2.75) is 19.4 Å².